The molecule has 1 heterocycles. The smallest absolute Gasteiger partial charge is 0.274 e. The lowest BCUT2D eigenvalue weighted by molar-refractivity contribution is -0.385. The van der Waals surface area contributed by atoms with Gasteiger partial charge in [-0.1, -0.05) is 0 Å². The lowest BCUT2D eigenvalue weighted by Gasteiger charge is -2.18. The fourth-order valence-electron chi connectivity index (χ4n) is 1.68. The lowest BCUT2D eigenvalue weighted by Crippen LogP contribution is -2.16. The number of non-ortho nitro benzene ring substituents is 1. The summed E-state index contributed by atoms with van der Waals surface area (Å²) in [5.74, 6) is -0.609. The molecule has 0 saturated carbocycles. The van der Waals surface area contributed by atoms with E-state index in [4.69, 9.17) is 0 Å². The largest absolute Gasteiger partial charge is 0.370 e. The third-order valence-corrected chi connectivity index (χ3v) is 4.11. The van der Waals surface area contributed by atoms with Gasteiger partial charge in [-0.2, -0.15) is 0 Å². The zero-order valence-corrected chi connectivity index (χ0v) is 12.4. The Morgan fingerprint density at radius 2 is 2.16 bits per heavy atom. The van der Waals surface area contributed by atoms with E-state index < -0.39 is 10.7 Å². The molecule has 0 atom stereocenters. The Hall–Kier alpha value is -1.47. The second-order valence-corrected chi connectivity index (χ2v) is 6.33. The van der Waals surface area contributed by atoms with Crippen LogP contribution in [0.15, 0.2) is 33.4 Å². The van der Waals surface area contributed by atoms with Gasteiger partial charge in [0.25, 0.3) is 5.69 Å². The molecular weight excluding hydrogens is 335 g/mol. The molecule has 0 amide bonds. The number of hydrogen-bond acceptors (Lipinski definition) is 4. The molecule has 0 aliphatic rings. The van der Waals surface area contributed by atoms with Crippen LogP contribution in [0.25, 0.3) is 0 Å². The number of rotatable bonds is 4. The Morgan fingerprint density at radius 3 is 2.74 bits per heavy atom. The van der Waals surface area contributed by atoms with E-state index in [9.17, 15) is 14.5 Å². The normalized spacial score (nSPS) is 10.5. The quantitative estimate of drug-likeness (QED) is 0.616. The van der Waals surface area contributed by atoms with Crippen LogP contribution in [0.1, 0.15) is 5.56 Å². The van der Waals surface area contributed by atoms with Crippen LogP contribution in [-0.2, 0) is 6.54 Å². The summed E-state index contributed by atoms with van der Waals surface area (Å²) in [6.07, 6.45) is 0. The van der Waals surface area contributed by atoms with Gasteiger partial charge in [-0.25, -0.2) is 4.39 Å². The lowest BCUT2D eigenvalue weighted by atomic mass is 10.2. The van der Waals surface area contributed by atoms with Crippen LogP contribution in [0, 0.1) is 15.9 Å². The molecule has 0 aliphatic heterocycles. The molecular formula is C12H10BrFN2O2S. The van der Waals surface area contributed by atoms with E-state index in [1.54, 1.807) is 23.3 Å². The number of nitro groups is 1. The molecule has 0 aliphatic carbocycles. The molecule has 2 rings (SSSR count). The third kappa shape index (κ3) is 3.51. The molecule has 0 radical (unpaired) electrons. The van der Waals surface area contributed by atoms with Gasteiger partial charge in [-0.15, -0.1) is 11.3 Å². The fourth-order valence-corrected chi connectivity index (χ4v) is 2.88. The highest BCUT2D eigenvalue weighted by atomic mass is 79.9. The summed E-state index contributed by atoms with van der Waals surface area (Å²) in [4.78, 5) is 11.9. The van der Waals surface area contributed by atoms with Gasteiger partial charge in [-0.3, -0.25) is 10.1 Å². The Bertz CT molecular complexity index is 618. The molecule has 0 bridgehead atoms. The molecule has 0 saturated heterocycles. The van der Waals surface area contributed by atoms with Crippen LogP contribution in [0.3, 0.4) is 0 Å². The molecule has 7 heteroatoms. The van der Waals surface area contributed by atoms with Gasteiger partial charge < -0.3 is 4.90 Å². The van der Waals surface area contributed by atoms with Crippen LogP contribution < -0.4 is 4.90 Å². The highest BCUT2D eigenvalue weighted by Crippen LogP contribution is 2.26. The first-order valence-electron chi connectivity index (χ1n) is 5.35. The number of nitro benzene ring substituents is 1. The average molecular weight is 345 g/mol. The van der Waals surface area contributed by atoms with Gasteiger partial charge >= 0.3 is 0 Å². The first kappa shape index (κ1) is 14.0. The molecule has 19 heavy (non-hydrogen) atoms. The molecule has 4 nitrogen and oxygen atoms in total. The van der Waals surface area contributed by atoms with E-state index in [0.717, 1.165) is 15.4 Å². The third-order valence-electron chi connectivity index (χ3n) is 2.56. The average Bonchev–Trinajstić information content (AvgIpc) is 2.73. The molecule has 0 unspecified atom stereocenters. The highest BCUT2D eigenvalue weighted by molar-refractivity contribution is 9.11. The number of nitrogens with zero attached hydrogens (tertiary/aromatic N) is 2. The SMILES string of the molecule is CN(Cc1csc(Br)c1)c1cc(F)cc([N+](=O)[O-])c1. The zero-order valence-electron chi connectivity index (χ0n) is 9.97. The predicted octanol–water partition coefficient (Wildman–Crippen LogP) is 4.19. The molecule has 0 fully saturated rings. The first-order chi connectivity index (χ1) is 8.95. The predicted molar refractivity (Wildman–Crippen MR) is 77.2 cm³/mol. The summed E-state index contributed by atoms with van der Waals surface area (Å²) in [5, 5.41) is 12.7. The Balaban J connectivity index is 2.23. The molecule has 0 spiro atoms. The number of halogens is 2. The monoisotopic (exact) mass is 344 g/mol. The van der Waals surface area contributed by atoms with E-state index in [-0.39, 0.29) is 5.69 Å². The molecule has 1 aromatic carbocycles. The van der Waals surface area contributed by atoms with Gasteiger partial charge in [0.05, 0.1) is 14.8 Å². The van der Waals surface area contributed by atoms with E-state index >= 15 is 0 Å². The summed E-state index contributed by atoms with van der Waals surface area (Å²) in [7, 11) is 1.77. The Morgan fingerprint density at radius 1 is 1.42 bits per heavy atom. The van der Waals surface area contributed by atoms with Crippen LogP contribution in [0.5, 0.6) is 0 Å². The zero-order chi connectivity index (χ0) is 14.0. The van der Waals surface area contributed by atoms with Gasteiger partial charge in [0.15, 0.2) is 0 Å². The Labute approximate surface area is 121 Å². The summed E-state index contributed by atoms with van der Waals surface area (Å²) in [6.45, 7) is 0.558. The van der Waals surface area contributed by atoms with Crippen molar-refractivity contribution in [1.82, 2.24) is 0 Å². The van der Waals surface area contributed by atoms with Gasteiger partial charge in [0.1, 0.15) is 5.82 Å². The number of anilines is 1. The molecule has 1 aromatic heterocycles. The van der Waals surface area contributed by atoms with Crippen LogP contribution in [-0.4, -0.2) is 12.0 Å². The van der Waals surface area contributed by atoms with Crippen molar-refractivity contribution in [2.24, 2.45) is 0 Å². The minimum Gasteiger partial charge on any atom is -0.370 e. The van der Waals surface area contributed by atoms with E-state index in [2.05, 4.69) is 15.9 Å². The summed E-state index contributed by atoms with van der Waals surface area (Å²) >= 11 is 4.93. The van der Waals surface area contributed by atoms with Crippen molar-refractivity contribution < 1.29 is 9.31 Å². The molecule has 2 aromatic rings. The van der Waals surface area contributed by atoms with E-state index in [1.807, 2.05) is 11.4 Å². The van der Waals surface area contributed by atoms with Crippen molar-refractivity contribution in [3.05, 3.63) is 54.9 Å². The van der Waals surface area contributed by atoms with Crippen molar-refractivity contribution >= 4 is 38.6 Å². The maximum absolute atomic E-state index is 13.4. The maximum atomic E-state index is 13.4. The summed E-state index contributed by atoms with van der Waals surface area (Å²) < 4.78 is 14.4. The topological polar surface area (TPSA) is 46.4 Å². The fraction of sp³-hybridized carbons (Fsp3) is 0.167. The first-order valence-corrected chi connectivity index (χ1v) is 7.02. The van der Waals surface area contributed by atoms with Crippen LogP contribution in [0.2, 0.25) is 0 Å². The molecule has 0 N–H and O–H groups in total. The van der Waals surface area contributed by atoms with Gasteiger partial charge in [-0.05, 0) is 39.0 Å². The summed E-state index contributed by atoms with van der Waals surface area (Å²) in [6, 6.07) is 5.53. The van der Waals surface area contributed by atoms with Gasteiger partial charge in [0, 0.05) is 25.3 Å². The highest BCUT2D eigenvalue weighted by Gasteiger charge is 2.12. The minimum absolute atomic E-state index is 0.242. The van der Waals surface area contributed by atoms with Gasteiger partial charge in [0.2, 0.25) is 0 Å². The standard InChI is InChI=1S/C12H10BrFN2O2S/c1-15(6-8-2-12(13)19-7-8)10-3-9(14)4-11(5-10)16(17)18/h2-5,7H,6H2,1H3. The van der Waals surface area contributed by atoms with Crippen LogP contribution in [0.4, 0.5) is 15.8 Å². The second kappa shape index (κ2) is 5.66. The summed E-state index contributed by atoms with van der Waals surface area (Å²) in [5.41, 5.74) is 1.30. The number of hydrogen-bond donors (Lipinski definition) is 0. The molecule has 100 valence electrons. The second-order valence-electron chi connectivity index (χ2n) is 4.04. The number of thiophene rings is 1. The Kier molecular flexibility index (Phi) is 4.16. The van der Waals surface area contributed by atoms with E-state index in [0.29, 0.717) is 12.2 Å². The van der Waals surface area contributed by atoms with Crippen molar-refractivity contribution in [3.8, 4) is 0 Å². The van der Waals surface area contributed by atoms with Crippen molar-refractivity contribution in [2.45, 2.75) is 6.54 Å². The van der Waals surface area contributed by atoms with Crippen molar-refractivity contribution in [1.29, 1.82) is 0 Å². The van der Waals surface area contributed by atoms with E-state index in [1.165, 1.54) is 12.1 Å². The van der Waals surface area contributed by atoms with Crippen molar-refractivity contribution in [2.75, 3.05) is 11.9 Å². The minimum atomic E-state index is -0.609. The number of benzene rings is 1. The maximum Gasteiger partial charge on any atom is 0.274 e. The van der Waals surface area contributed by atoms with Crippen LogP contribution >= 0.6 is 27.3 Å². The van der Waals surface area contributed by atoms with Crippen molar-refractivity contribution in [3.63, 3.8) is 0 Å².